The number of rotatable bonds is 4. The Bertz CT molecular complexity index is 777. The zero-order valence-corrected chi connectivity index (χ0v) is 13.6. The minimum Gasteiger partial charge on any atom is -0.399 e. The largest absolute Gasteiger partial charge is 0.399 e. The van der Waals surface area contributed by atoms with Gasteiger partial charge in [-0.2, -0.15) is 0 Å². The number of para-hydroxylation sites is 1. The molecule has 3 aromatic rings. The fourth-order valence-electron chi connectivity index (χ4n) is 2.70. The number of nitrogen functional groups attached to an aromatic ring is 1. The molecule has 0 saturated heterocycles. The third-order valence-corrected chi connectivity index (χ3v) is 4.27. The smallest absolute Gasteiger partial charge is 0.110 e. The second-order valence-corrected chi connectivity index (χ2v) is 6.02. The standard InChI is InChI=1S/C17H18BrN3/c1-2-21-16-9-8-13(18)11-15(16)20-17(21)10-7-12-5-3-4-6-14(12)19/h3-6,8-9,11H,2,7,10,19H2,1H3. The van der Waals surface area contributed by atoms with Gasteiger partial charge in [-0.25, -0.2) is 4.98 Å². The number of aromatic nitrogens is 2. The molecule has 2 aromatic carbocycles. The summed E-state index contributed by atoms with van der Waals surface area (Å²) in [6.45, 7) is 3.08. The molecule has 0 amide bonds. The molecule has 0 spiro atoms. The third-order valence-electron chi connectivity index (χ3n) is 3.78. The molecule has 0 bridgehead atoms. The molecule has 2 N–H and O–H groups in total. The van der Waals surface area contributed by atoms with Gasteiger partial charge in [-0.05, 0) is 43.2 Å². The number of benzene rings is 2. The highest BCUT2D eigenvalue weighted by Gasteiger charge is 2.10. The van der Waals surface area contributed by atoms with Gasteiger partial charge in [0.2, 0.25) is 0 Å². The van der Waals surface area contributed by atoms with Crippen LogP contribution in [-0.2, 0) is 19.4 Å². The van der Waals surface area contributed by atoms with E-state index in [9.17, 15) is 0 Å². The molecule has 3 nitrogen and oxygen atoms in total. The van der Waals surface area contributed by atoms with E-state index in [1.54, 1.807) is 0 Å². The summed E-state index contributed by atoms with van der Waals surface area (Å²) in [6.07, 6.45) is 1.81. The first-order chi connectivity index (χ1) is 10.2. The number of hydrogen-bond donors (Lipinski definition) is 1. The van der Waals surface area contributed by atoms with Crippen LogP contribution in [0, 0.1) is 0 Å². The van der Waals surface area contributed by atoms with Crippen molar-refractivity contribution in [2.45, 2.75) is 26.3 Å². The molecule has 0 aliphatic carbocycles. The minimum absolute atomic E-state index is 0.861. The van der Waals surface area contributed by atoms with Crippen LogP contribution in [0.5, 0.6) is 0 Å². The summed E-state index contributed by atoms with van der Waals surface area (Å²) in [4.78, 5) is 4.78. The molecule has 21 heavy (non-hydrogen) atoms. The fourth-order valence-corrected chi connectivity index (χ4v) is 3.05. The summed E-state index contributed by atoms with van der Waals surface area (Å²) >= 11 is 3.51. The Morgan fingerprint density at radius 2 is 1.95 bits per heavy atom. The van der Waals surface area contributed by atoms with Crippen molar-refractivity contribution < 1.29 is 0 Å². The number of nitrogens with two attached hydrogens (primary N) is 1. The van der Waals surface area contributed by atoms with Crippen molar-refractivity contribution in [1.82, 2.24) is 9.55 Å². The summed E-state index contributed by atoms with van der Waals surface area (Å²) in [5.74, 6) is 1.12. The van der Waals surface area contributed by atoms with Gasteiger partial charge in [0.15, 0.2) is 0 Å². The van der Waals surface area contributed by atoms with Gasteiger partial charge in [-0.1, -0.05) is 34.1 Å². The molecular weight excluding hydrogens is 326 g/mol. The van der Waals surface area contributed by atoms with Crippen LogP contribution in [0.4, 0.5) is 5.69 Å². The Morgan fingerprint density at radius 1 is 1.14 bits per heavy atom. The van der Waals surface area contributed by atoms with E-state index in [0.29, 0.717) is 0 Å². The average molecular weight is 344 g/mol. The van der Waals surface area contributed by atoms with Crippen molar-refractivity contribution in [1.29, 1.82) is 0 Å². The lowest BCUT2D eigenvalue weighted by Crippen LogP contribution is -2.04. The van der Waals surface area contributed by atoms with Crippen molar-refractivity contribution in [3.8, 4) is 0 Å². The maximum absolute atomic E-state index is 6.02. The van der Waals surface area contributed by atoms with Crippen LogP contribution in [0.1, 0.15) is 18.3 Å². The number of fused-ring (bicyclic) bond motifs is 1. The second-order valence-electron chi connectivity index (χ2n) is 5.10. The van der Waals surface area contributed by atoms with Crippen molar-refractivity contribution in [3.05, 3.63) is 58.3 Å². The molecule has 0 aliphatic heterocycles. The van der Waals surface area contributed by atoms with E-state index in [0.717, 1.165) is 40.9 Å². The lowest BCUT2D eigenvalue weighted by Gasteiger charge is -2.07. The van der Waals surface area contributed by atoms with Crippen LogP contribution in [0.2, 0.25) is 0 Å². The molecule has 0 radical (unpaired) electrons. The molecule has 1 aromatic heterocycles. The number of aryl methyl sites for hydroxylation is 3. The van der Waals surface area contributed by atoms with Gasteiger partial charge in [0, 0.05) is 23.1 Å². The summed E-state index contributed by atoms with van der Waals surface area (Å²) in [6, 6.07) is 14.3. The molecule has 108 valence electrons. The van der Waals surface area contributed by atoms with Crippen LogP contribution in [-0.4, -0.2) is 9.55 Å². The Hall–Kier alpha value is -1.81. The first-order valence-corrected chi connectivity index (χ1v) is 7.96. The van der Waals surface area contributed by atoms with Crippen LogP contribution < -0.4 is 5.73 Å². The predicted molar refractivity (Wildman–Crippen MR) is 91.4 cm³/mol. The normalized spacial score (nSPS) is 11.1. The maximum atomic E-state index is 6.02. The highest BCUT2D eigenvalue weighted by molar-refractivity contribution is 9.10. The lowest BCUT2D eigenvalue weighted by molar-refractivity contribution is 0.707. The number of nitrogens with zero attached hydrogens (tertiary/aromatic N) is 2. The molecule has 0 fully saturated rings. The quantitative estimate of drug-likeness (QED) is 0.722. The van der Waals surface area contributed by atoms with Gasteiger partial charge in [0.05, 0.1) is 11.0 Å². The summed E-state index contributed by atoms with van der Waals surface area (Å²) < 4.78 is 3.34. The first kappa shape index (κ1) is 14.1. The van der Waals surface area contributed by atoms with Crippen molar-refractivity contribution >= 4 is 32.7 Å². The highest BCUT2D eigenvalue weighted by Crippen LogP contribution is 2.22. The molecular formula is C17H18BrN3. The highest BCUT2D eigenvalue weighted by atomic mass is 79.9. The minimum atomic E-state index is 0.861. The number of imidazole rings is 1. The lowest BCUT2D eigenvalue weighted by atomic mass is 10.1. The zero-order valence-electron chi connectivity index (χ0n) is 12.0. The number of anilines is 1. The summed E-state index contributed by atoms with van der Waals surface area (Å²) in [5, 5.41) is 0. The number of halogens is 1. The van der Waals surface area contributed by atoms with E-state index < -0.39 is 0 Å². The SMILES string of the molecule is CCn1c(CCc2ccccc2N)nc2cc(Br)ccc21. The van der Waals surface area contributed by atoms with Crippen LogP contribution in [0.15, 0.2) is 46.9 Å². The molecule has 3 rings (SSSR count). The molecule has 1 heterocycles. The Balaban J connectivity index is 1.92. The maximum Gasteiger partial charge on any atom is 0.110 e. The summed E-state index contributed by atoms with van der Waals surface area (Å²) in [7, 11) is 0. The van der Waals surface area contributed by atoms with Crippen molar-refractivity contribution in [2.24, 2.45) is 0 Å². The second kappa shape index (κ2) is 5.90. The zero-order chi connectivity index (χ0) is 14.8. The van der Waals surface area contributed by atoms with Gasteiger partial charge in [0.25, 0.3) is 0 Å². The van der Waals surface area contributed by atoms with Crippen LogP contribution >= 0.6 is 15.9 Å². The Morgan fingerprint density at radius 3 is 2.71 bits per heavy atom. The molecule has 0 atom stereocenters. The Labute approximate surface area is 132 Å². The molecule has 0 unspecified atom stereocenters. The number of hydrogen-bond acceptors (Lipinski definition) is 2. The van der Waals surface area contributed by atoms with E-state index in [4.69, 9.17) is 10.7 Å². The predicted octanol–water partition coefficient (Wildman–Crippen LogP) is 4.19. The van der Waals surface area contributed by atoms with E-state index in [-0.39, 0.29) is 0 Å². The van der Waals surface area contributed by atoms with Crippen molar-refractivity contribution in [3.63, 3.8) is 0 Å². The topological polar surface area (TPSA) is 43.8 Å². The molecule has 0 aliphatic rings. The van der Waals surface area contributed by atoms with Crippen LogP contribution in [0.3, 0.4) is 0 Å². The average Bonchev–Trinajstić information content (AvgIpc) is 2.82. The van der Waals surface area contributed by atoms with E-state index >= 15 is 0 Å². The summed E-state index contributed by atoms with van der Waals surface area (Å²) in [5.41, 5.74) is 10.3. The van der Waals surface area contributed by atoms with Gasteiger partial charge < -0.3 is 10.3 Å². The van der Waals surface area contributed by atoms with Crippen molar-refractivity contribution in [2.75, 3.05) is 5.73 Å². The van der Waals surface area contributed by atoms with Gasteiger partial charge in [-0.3, -0.25) is 0 Å². The molecule has 4 heteroatoms. The van der Waals surface area contributed by atoms with Gasteiger partial charge >= 0.3 is 0 Å². The van der Waals surface area contributed by atoms with E-state index in [1.165, 1.54) is 11.1 Å². The first-order valence-electron chi connectivity index (χ1n) is 7.17. The van der Waals surface area contributed by atoms with Gasteiger partial charge in [0.1, 0.15) is 5.82 Å². The van der Waals surface area contributed by atoms with E-state index in [2.05, 4.69) is 51.7 Å². The monoisotopic (exact) mass is 343 g/mol. The third kappa shape index (κ3) is 2.81. The molecule has 0 saturated carbocycles. The fraction of sp³-hybridized carbons (Fsp3) is 0.235. The Kier molecular flexibility index (Phi) is 3.97. The van der Waals surface area contributed by atoms with Gasteiger partial charge in [-0.15, -0.1) is 0 Å². The van der Waals surface area contributed by atoms with Crippen LogP contribution in [0.25, 0.3) is 11.0 Å². The van der Waals surface area contributed by atoms with E-state index in [1.807, 2.05) is 18.2 Å².